The molecule has 0 spiro atoms. The van der Waals surface area contributed by atoms with E-state index in [9.17, 15) is 0 Å². The molecule has 2 aromatic heterocycles. The van der Waals surface area contributed by atoms with Crippen molar-refractivity contribution in [2.75, 3.05) is 26.4 Å². The van der Waals surface area contributed by atoms with E-state index in [0.29, 0.717) is 5.82 Å². The first kappa shape index (κ1) is 13.8. The minimum Gasteiger partial charge on any atom is -0.383 e. The Balaban J connectivity index is 2.45. The zero-order valence-corrected chi connectivity index (χ0v) is 12.5. The first-order valence-corrected chi connectivity index (χ1v) is 6.66. The second-order valence-corrected chi connectivity index (χ2v) is 5.37. The second-order valence-electron chi connectivity index (χ2n) is 5.37. The quantitative estimate of drug-likeness (QED) is 0.913. The van der Waals surface area contributed by atoms with E-state index in [2.05, 4.69) is 47.4 Å². The van der Waals surface area contributed by atoms with Crippen LogP contribution in [0.4, 0.5) is 5.82 Å². The molecule has 0 amide bonds. The Kier molecular flexibility index (Phi) is 3.75. The average Bonchev–Trinajstić information content (AvgIpc) is 2.53. The predicted octanol–water partition coefficient (Wildman–Crippen LogP) is 1.89. The topological polar surface area (TPSA) is 60.0 Å². The summed E-state index contributed by atoms with van der Waals surface area (Å²) in [5.74, 6) is 1.32. The number of aryl methyl sites for hydroxylation is 3. The molecular formula is C14H23N5. The first-order valence-electron chi connectivity index (χ1n) is 6.66. The molecule has 0 aliphatic rings. The van der Waals surface area contributed by atoms with E-state index in [1.54, 1.807) is 0 Å². The third-order valence-electron chi connectivity index (χ3n) is 3.60. The third-order valence-corrected chi connectivity index (χ3v) is 3.60. The predicted molar refractivity (Wildman–Crippen MR) is 79.3 cm³/mol. The van der Waals surface area contributed by atoms with Crippen LogP contribution in [0.5, 0.6) is 0 Å². The van der Waals surface area contributed by atoms with E-state index < -0.39 is 0 Å². The molecule has 0 atom stereocenters. The maximum absolute atomic E-state index is 6.04. The van der Waals surface area contributed by atoms with Crippen molar-refractivity contribution in [3.05, 3.63) is 17.1 Å². The van der Waals surface area contributed by atoms with Crippen molar-refractivity contribution in [3.63, 3.8) is 0 Å². The highest BCUT2D eigenvalue weighted by Gasteiger charge is 2.15. The molecule has 5 heteroatoms. The summed E-state index contributed by atoms with van der Waals surface area (Å²) in [7, 11) is 4.19. The van der Waals surface area contributed by atoms with E-state index in [1.807, 2.05) is 6.92 Å². The summed E-state index contributed by atoms with van der Waals surface area (Å²) in [6.07, 6.45) is 1.10. The number of hydrogen-bond acceptors (Lipinski definition) is 4. The zero-order chi connectivity index (χ0) is 14.2. The molecule has 0 aliphatic heterocycles. The third kappa shape index (κ3) is 2.56. The van der Waals surface area contributed by atoms with Gasteiger partial charge < -0.3 is 15.2 Å². The second kappa shape index (κ2) is 5.17. The average molecular weight is 261 g/mol. The molecule has 0 unspecified atom stereocenters. The number of aromatic nitrogens is 3. The van der Waals surface area contributed by atoms with Crippen LogP contribution in [0.15, 0.2) is 0 Å². The highest BCUT2D eigenvalue weighted by molar-refractivity contribution is 5.91. The fraction of sp³-hybridized carbons (Fsp3) is 0.571. The molecule has 2 heterocycles. The van der Waals surface area contributed by atoms with Gasteiger partial charge in [-0.05, 0) is 53.4 Å². The number of anilines is 1. The Morgan fingerprint density at radius 2 is 1.84 bits per heavy atom. The summed E-state index contributed by atoms with van der Waals surface area (Å²) < 4.78 is 2.26. The van der Waals surface area contributed by atoms with Crippen LogP contribution in [0.1, 0.15) is 23.5 Å². The van der Waals surface area contributed by atoms with Gasteiger partial charge in [-0.2, -0.15) is 0 Å². The molecule has 104 valence electrons. The summed E-state index contributed by atoms with van der Waals surface area (Å²) in [5.41, 5.74) is 9.44. The Bertz CT molecular complexity index is 598. The maximum atomic E-state index is 6.04. The van der Waals surface area contributed by atoms with E-state index in [0.717, 1.165) is 36.4 Å². The molecule has 2 aromatic rings. The van der Waals surface area contributed by atoms with Gasteiger partial charge in [-0.25, -0.2) is 9.97 Å². The van der Waals surface area contributed by atoms with Crippen LogP contribution in [-0.2, 0) is 6.54 Å². The Hall–Kier alpha value is -1.62. The molecule has 0 aliphatic carbocycles. The van der Waals surface area contributed by atoms with E-state index in [4.69, 9.17) is 5.73 Å². The molecule has 2 rings (SSSR count). The fourth-order valence-electron chi connectivity index (χ4n) is 2.49. The highest BCUT2D eigenvalue weighted by atomic mass is 15.1. The molecule has 0 radical (unpaired) electrons. The van der Waals surface area contributed by atoms with Gasteiger partial charge in [0.25, 0.3) is 0 Å². The molecule has 0 bridgehead atoms. The minimum absolute atomic E-state index is 0.592. The van der Waals surface area contributed by atoms with Gasteiger partial charge in [-0.3, -0.25) is 0 Å². The molecule has 0 aromatic carbocycles. The number of nitrogens with two attached hydrogens (primary N) is 1. The lowest BCUT2D eigenvalue weighted by molar-refractivity contribution is 0.387. The van der Waals surface area contributed by atoms with Crippen LogP contribution in [0, 0.1) is 20.8 Å². The lowest BCUT2D eigenvalue weighted by Gasteiger charge is -2.12. The van der Waals surface area contributed by atoms with Crippen LogP contribution in [-0.4, -0.2) is 40.1 Å². The van der Waals surface area contributed by atoms with Gasteiger partial charge in [0.15, 0.2) is 0 Å². The summed E-state index contributed by atoms with van der Waals surface area (Å²) in [6.45, 7) is 8.14. The van der Waals surface area contributed by atoms with Gasteiger partial charge >= 0.3 is 0 Å². The van der Waals surface area contributed by atoms with Crippen molar-refractivity contribution < 1.29 is 0 Å². The smallest absolute Gasteiger partial charge is 0.146 e. The van der Waals surface area contributed by atoms with Crippen LogP contribution in [0.25, 0.3) is 11.0 Å². The number of rotatable bonds is 4. The summed E-state index contributed by atoms with van der Waals surface area (Å²) in [5, 5.41) is 1.01. The molecule has 2 N–H and O–H groups in total. The van der Waals surface area contributed by atoms with Crippen molar-refractivity contribution in [1.29, 1.82) is 0 Å². The monoisotopic (exact) mass is 261 g/mol. The van der Waals surface area contributed by atoms with Crippen LogP contribution >= 0.6 is 0 Å². The molecule has 0 saturated carbocycles. The standard InChI is InChI=1S/C14H23N5/c1-9-10(2)19(8-6-7-18(4)5)14-12(9)13(15)16-11(3)17-14/h6-8H2,1-5H3,(H2,15,16,17). The van der Waals surface area contributed by atoms with Crippen LogP contribution in [0.3, 0.4) is 0 Å². The Labute approximate surface area is 114 Å². The minimum atomic E-state index is 0.592. The normalized spacial score (nSPS) is 11.7. The molecular weight excluding hydrogens is 238 g/mol. The maximum Gasteiger partial charge on any atom is 0.146 e. The van der Waals surface area contributed by atoms with Crippen molar-refractivity contribution >= 4 is 16.9 Å². The van der Waals surface area contributed by atoms with E-state index in [1.165, 1.54) is 11.3 Å². The molecule has 19 heavy (non-hydrogen) atoms. The van der Waals surface area contributed by atoms with Gasteiger partial charge in [0.05, 0.1) is 5.39 Å². The van der Waals surface area contributed by atoms with E-state index in [-0.39, 0.29) is 0 Å². The van der Waals surface area contributed by atoms with Crippen molar-refractivity contribution in [3.8, 4) is 0 Å². The molecule has 0 saturated heterocycles. The SMILES string of the molecule is Cc1nc(N)c2c(C)c(C)n(CCCN(C)C)c2n1. The number of nitrogen functional groups attached to an aromatic ring is 1. The Morgan fingerprint density at radius 1 is 1.16 bits per heavy atom. The zero-order valence-electron chi connectivity index (χ0n) is 12.5. The Morgan fingerprint density at radius 3 is 2.47 bits per heavy atom. The number of nitrogens with zero attached hydrogens (tertiary/aromatic N) is 4. The lowest BCUT2D eigenvalue weighted by Crippen LogP contribution is -2.15. The number of fused-ring (bicyclic) bond motifs is 1. The van der Waals surface area contributed by atoms with Crippen LogP contribution in [0.2, 0.25) is 0 Å². The molecule has 5 nitrogen and oxygen atoms in total. The van der Waals surface area contributed by atoms with Crippen molar-refractivity contribution in [1.82, 2.24) is 19.4 Å². The van der Waals surface area contributed by atoms with Gasteiger partial charge in [0.2, 0.25) is 0 Å². The van der Waals surface area contributed by atoms with Crippen LogP contribution < -0.4 is 5.73 Å². The molecule has 0 fully saturated rings. The summed E-state index contributed by atoms with van der Waals surface area (Å²) in [6, 6.07) is 0. The number of hydrogen-bond donors (Lipinski definition) is 1. The van der Waals surface area contributed by atoms with Crippen molar-refractivity contribution in [2.24, 2.45) is 0 Å². The van der Waals surface area contributed by atoms with Gasteiger partial charge in [-0.1, -0.05) is 0 Å². The largest absolute Gasteiger partial charge is 0.383 e. The van der Waals surface area contributed by atoms with Gasteiger partial charge in [0, 0.05) is 12.2 Å². The van der Waals surface area contributed by atoms with Gasteiger partial charge in [-0.15, -0.1) is 0 Å². The fourth-order valence-corrected chi connectivity index (χ4v) is 2.49. The highest BCUT2D eigenvalue weighted by Crippen LogP contribution is 2.27. The van der Waals surface area contributed by atoms with E-state index >= 15 is 0 Å². The lowest BCUT2D eigenvalue weighted by atomic mass is 10.2. The summed E-state index contributed by atoms with van der Waals surface area (Å²) in [4.78, 5) is 11.0. The summed E-state index contributed by atoms with van der Waals surface area (Å²) >= 11 is 0. The first-order chi connectivity index (χ1) is 8.91. The van der Waals surface area contributed by atoms with Gasteiger partial charge in [0.1, 0.15) is 17.3 Å². The van der Waals surface area contributed by atoms with Crippen molar-refractivity contribution in [2.45, 2.75) is 33.7 Å².